The van der Waals surface area contributed by atoms with Gasteiger partial charge >= 0.3 is 0 Å². The van der Waals surface area contributed by atoms with Crippen LogP contribution in [0.3, 0.4) is 0 Å². The standard InChI is InChI=1S/C27H29FN2O4S/c1-20-12-13-22(35(32,33)19-21-8-3-4-9-24(21)28)18-23(20)27(31)30-15-7-14-29(16-17-30)25-10-5-6-11-26(25)34-2/h3-6,8-13,18H,7,14-17,19H2,1-2H3. The Kier molecular flexibility index (Phi) is 7.40. The van der Waals surface area contributed by atoms with E-state index < -0.39 is 21.4 Å². The predicted molar refractivity (Wildman–Crippen MR) is 134 cm³/mol. The molecule has 1 aliphatic rings. The summed E-state index contributed by atoms with van der Waals surface area (Å²) in [4.78, 5) is 17.4. The molecule has 0 bridgehead atoms. The number of ether oxygens (including phenoxy) is 1. The van der Waals surface area contributed by atoms with E-state index in [4.69, 9.17) is 4.74 Å². The van der Waals surface area contributed by atoms with Gasteiger partial charge in [-0.25, -0.2) is 12.8 Å². The highest BCUT2D eigenvalue weighted by molar-refractivity contribution is 7.90. The maximum Gasteiger partial charge on any atom is 0.254 e. The smallest absolute Gasteiger partial charge is 0.254 e. The number of amides is 1. The molecule has 1 fully saturated rings. The number of hydrogen-bond acceptors (Lipinski definition) is 5. The van der Waals surface area contributed by atoms with Crippen molar-refractivity contribution >= 4 is 21.4 Å². The number of benzene rings is 3. The number of carbonyl (C=O) groups is 1. The molecule has 1 saturated heterocycles. The summed E-state index contributed by atoms with van der Waals surface area (Å²) in [6.07, 6.45) is 0.772. The molecule has 0 aromatic heterocycles. The van der Waals surface area contributed by atoms with E-state index in [9.17, 15) is 17.6 Å². The minimum atomic E-state index is -3.83. The number of halogens is 1. The van der Waals surface area contributed by atoms with E-state index >= 15 is 0 Å². The second-order valence-corrected chi connectivity index (χ2v) is 10.6. The van der Waals surface area contributed by atoms with Crippen LogP contribution in [0.4, 0.5) is 10.1 Å². The van der Waals surface area contributed by atoms with E-state index in [1.807, 2.05) is 24.3 Å². The highest BCUT2D eigenvalue weighted by Crippen LogP contribution is 2.29. The van der Waals surface area contributed by atoms with Crippen LogP contribution in [0.25, 0.3) is 0 Å². The second-order valence-electron chi connectivity index (χ2n) is 8.63. The number of aryl methyl sites for hydroxylation is 1. The first-order chi connectivity index (χ1) is 16.8. The largest absolute Gasteiger partial charge is 0.495 e. The molecule has 1 heterocycles. The third kappa shape index (κ3) is 5.48. The van der Waals surface area contributed by atoms with Gasteiger partial charge in [0.2, 0.25) is 0 Å². The summed E-state index contributed by atoms with van der Waals surface area (Å²) in [6, 6.07) is 18.2. The van der Waals surface area contributed by atoms with E-state index in [2.05, 4.69) is 4.90 Å². The molecule has 0 spiro atoms. The van der Waals surface area contributed by atoms with Crippen molar-refractivity contribution in [2.75, 3.05) is 38.2 Å². The van der Waals surface area contributed by atoms with Crippen molar-refractivity contribution in [3.63, 3.8) is 0 Å². The Morgan fingerprint density at radius 2 is 1.71 bits per heavy atom. The minimum Gasteiger partial charge on any atom is -0.495 e. The fourth-order valence-corrected chi connectivity index (χ4v) is 5.73. The lowest BCUT2D eigenvalue weighted by Crippen LogP contribution is -2.35. The number of nitrogens with zero attached hydrogens (tertiary/aromatic N) is 2. The quantitative estimate of drug-likeness (QED) is 0.504. The van der Waals surface area contributed by atoms with Gasteiger partial charge < -0.3 is 14.5 Å². The third-order valence-corrected chi connectivity index (χ3v) is 7.97. The van der Waals surface area contributed by atoms with E-state index in [0.29, 0.717) is 30.8 Å². The first-order valence-electron chi connectivity index (χ1n) is 11.5. The fourth-order valence-electron chi connectivity index (χ4n) is 4.35. The van der Waals surface area contributed by atoms with Gasteiger partial charge in [-0.2, -0.15) is 0 Å². The zero-order chi connectivity index (χ0) is 25.0. The first kappa shape index (κ1) is 24.7. The molecule has 184 valence electrons. The van der Waals surface area contributed by atoms with Gasteiger partial charge in [0.05, 0.1) is 23.4 Å². The number of rotatable bonds is 6. The van der Waals surface area contributed by atoms with Gasteiger partial charge in [-0.15, -0.1) is 0 Å². The molecule has 0 atom stereocenters. The molecule has 3 aromatic carbocycles. The van der Waals surface area contributed by atoms with Crippen molar-refractivity contribution in [3.8, 4) is 5.75 Å². The number of carbonyl (C=O) groups excluding carboxylic acids is 1. The Morgan fingerprint density at radius 1 is 0.971 bits per heavy atom. The van der Waals surface area contributed by atoms with Crippen LogP contribution >= 0.6 is 0 Å². The number of para-hydroxylation sites is 2. The van der Waals surface area contributed by atoms with Crippen LogP contribution < -0.4 is 9.64 Å². The summed E-state index contributed by atoms with van der Waals surface area (Å²) in [5.74, 6) is -0.444. The Labute approximate surface area is 205 Å². The molecular weight excluding hydrogens is 467 g/mol. The van der Waals surface area contributed by atoms with Crippen molar-refractivity contribution in [1.82, 2.24) is 4.90 Å². The summed E-state index contributed by atoms with van der Waals surface area (Å²) in [5, 5.41) is 0. The second kappa shape index (κ2) is 10.5. The minimum absolute atomic E-state index is 0.0140. The Bertz CT molecular complexity index is 1330. The predicted octanol–water partition coefficient (Wildman–Crippen LogP) is 4.47. The van der Waals surface area contributed by atoms with Crippen LogP contribution in [0.2, 0.25) is 0 Å². The van der Waals surface area contributed by atoms with Gasteiger partial charge in [0, 0.05) is 37.3 Å². The van der Waals surface area contributed by atoms with Crippen molar-refractivity contribution in [1.29, 1.82) is 0 Å². The molecule has 0 unspecified atom stereocenters. The maximum atomic E-state index is 14.1. The topological polar surface area (TPSA) is 66.9 Å². The average molecular weight is 497 g/mol. The van der Waals surface area contributed by atoms with Crippen LogP contribution in [0.5, 0.6) is 5.75 Å². The molecule has 4 rings (SSSR count). The van der Waals surface area contributed by atoms with Crippen LogP contribution in [0.1, 0.15) is 27.9 Å². The first-order valence-corrected chi connectivity index (χ1v) is 13.2. The van der Waals surface area contributed by atoms with Gasteiger partial charge in [-0.3, -0.25) is 4.79 Å². The SMILES string of the molecule is COc1ccccc1N1CCCN(C(=O)c2cc(S(=O)(=O)Cc3ccccc3F)ccc2C)CC1. The van der Waals surface area contributed by atoms with Crippen LogP contribution in [0, 0.1) is 12.7 Å². The van der Waals surface area contributed by atoms with Crippen LogP contribution in [-0.4, -0.2) is 52.5 Å². The molecular formula is C27H29FN2O4S. The molecule has 1 aliphatic heterocycles. The maximum absolute atomic E-state index is 14.1. The molecule has 3 aromatic rings. The van der Waals surface area contributed by atoms with Gasteiger partial charge in [-0.1, -0.05) is 36.4 Å². The number of methoxy groups -OCH3 is 1. The Balaban J connectivity index is 1.54. The van der Waals surface area contributed by atoms with E-state index in [1.54, 1.807) is 31.1 Å². The molecule has 6 nitrogen and oxygen atoms in total. The van der Waals surface area contributed by atoms with Gasteiger partial charge in [-0.05, 0) is 49.2 Å². The molecule has 1 amide bonds. The Hall–Kier alpha value is -3.39. The summed E-state index contributed by atoms with van der Waals surface area (Å²) in [7, 11) is -2.19. The summed E-state index contributed by atoms with van der Waals surface area (Å²) >= 11 is 0. The molecule has 0 aliphatic carbocycles. The van der Waals surface area contributed by atoms with Crippen LogP contribution in [0.15, 0.2) is 71.6 Å². The number of sulfone groups is 1. The fraction of sp³-hybridized carbons (Fsp3) is 0.296. The molecule has 35 heavy (non-hydrogen) atoms. The number of hydrogen-bond donors (Lipinski definition) is 0. The molecule has 0 N–H and O–H groups in total. The lowest BCUT2D eigenvalue weighted by Gasteiger charge is -2.25. The average Bonchev–Trinajstić information content (AvgIpc) is 3.11. The van der Waals surface area contributed by atoms with Crippen LogP contribution in [-0.2, 0) is 15.6 Å². The zero-order valence-corrected chi connectivity index (χ0v) is 20.7. The number of anilines is 1. The van der Waals surface area contributed by atoms with Crippen molar-refractivity contribution in [3.05, 3.63) is 89.2 Å². The molecule has 8 heteroatoms. The lowest BCUT2D eigenvalue weighted by atomic mass is 10.1. The third-order valence-electron chi connectivity index (χ3n) is 6.31. The highest BCUT2D eigenvalue weighted by atomic mass is 32.2. The highest BCUT2D eigenvalue weighted by Gasteiger charge is 2.25. The Morgan fingerprint density at radius 3 is 2.49 bits per heavy atom. The van der Waals surface area contributed by atoms with Crippen molar-refractivity contribution in [2.45, 2.75) is 24.0 Å². The van der Waals surface area contributed by atoms with E-state index in [1.165, 1.54) is 30.3 Å². The lowest BCUT2D eigenvalue weighted by molar-refractivity contribution is 0.0766. The van der Waals surface area contributed by atoms with Gasteiger partial charge in [0.1, 0.15) is 11.6 Å². The summed E-state index contributed by atoms with van der Waals surface area (Å²) in [6.45, 7) is 4.27. The van der Waals surface area contributed by atoms with Gasteiger partial charge in [0.25, 0.3) is 5.91 Å². The van der Waals surface area contributed by atoms with E-state index in [0.717, 1.165) is 24.4 Å². The zero-order valence-electron chi connectivity index (χ0n) is 19.9. The van der Waals surface area contributed by atoms with Gasteiger partial charge in [0.15, 0.2) is 9.84 Å². The normalized spacial score (nSPS) is 14.5. The summed E-state index contributed by atoms with van der Waals surface area (Å²) < 4.78 is 45.6. The summed E-state index contributed by atoms with van der Waals surface area (Å²) in [5.41, 5.74) is 2.14. The van der Waals surface area contributed by atoms with E-state index in [-0.39, 0.29) is 16.4 Å². The molecule has 0 saturated carbocycles. The van der Waals surface area contributed by atoms with Crippen molar-refractivity contribution < 1.29 is 22.3 Å². The monoisotopic (exact) mass is 496 g/mol. The van der Waals surface area contributed by atoms with Crippen molar-refractivity contribution in [2.24, 2.45) is 0 Å². The molecule has 0 radical (unpaired) electrons.